The fourth-order valence-electron chi connectivity index (χ4n) is 4.68. The largest absolute Gasteiger partial charge is 0.481 e. The van der Waals surface area contributed by atoms with Crippen LogP contribution >= 0.6 is 0 Å². The molecule has 2 heterocycles. The summed E-state index contributed by atoms with van der Waals surface area (Å²) in [7, 11) is 0. The van der Waals surface area contributed by atoms with Crippen LogP contribution in [0.15, 0.2) is 24.3 Å². The van der Waals surface area contributed by atoms with Crippen LogP contribution in [-0.4, -0.2) is 33.2 Å². The molecule has 1 aromatic carbocycles. The molecule has 1 saturated carbocycles. The molecular weight excluding hydrogens is 387 g/mol. The Morgan fingerprint density at radius 3 is 2.50 bits per heavy atom. The molecule has 1 aliphatic carbocycles. The summed E-state index contributed by atoms with van der Waals surface area (Å²) in [6.07, 6.45) is 5.28. The highest BCUT2D eigenvalue weighted by Crippen LogP contribution is 2.35. The van der Waals surface area contributed by atoms with Crippen LogP contribution in [0, 0.1) is 24.6 Å². The summed E-state index contributed by atoms with van der Waals surface area (Å²) in [6.45, 7) is 2.56. The Kier molecular flexibility index (Phi) is 5.99. The van der Waals surface area contributed by atoms with Crippen molar-refractivity contribution in [3.8, 4) is 11.3 Å². The number of aryl methyl sites for hydroxylation is 1. The van der Waals surface area contributed by atoms with Crippen LogP contribution in [0.5, 0.6) is 0 Å². The first-order chi connectivity index (χ1) is 14.5. The number of aromatic nitrogens is 2. The number of carbonyl (C=O) groups is 2. The number of hydrogen-bond donors (Lipinski definition) is 1. The Balaban J connectivity index is 1.63. The Labute approximate surface area is 175 Å². The molecule has 7 heteroatoms. The van der Waals surface area contributed by atoms with Crippen molar-refractivity contribution in [1.82, 2.24) is 9.78 Å². The van der Waals surface area contributed by atoms with Gasteiger partial charge in [0.2, 0.25) is 0 Å². The SMILES string of the molecule is Cc1cc(-c2ccc(C(=O)[C@H]3CCCC[C@@H]3C(=O)O)c(F)c2)n(C2CCCCO2)n1. The van der Waals surface area contributed by atoms with Gasteiger partial charge in [-0.3, -0.25) is 9.59 Å². The standard InChI is InChI=1S/C23H27FN2O4/c1-14-12-20(26(25-14)21-8-4-5-11-30-21)15-9-10-18(19(24)13-15)22(27)16-6-2-3-7-17(16)23(28)29/h9-10,12-13,16-17,21H,2-8,11H2,1H3,(H,28,29)/t16-,17-,21?/m0/s1. The highest BCUT2D eigenvalue weighted by atomic mass is 19.1. The van der Waals surface area contributed by atoms with E-state index in [0.717, 1.165) is 43.5 Å². The van der Waals surface area contributed by atoms with Gasteiger partial charge in [0.15, 0.2) is 12.0 Å². The zero-order chi connectivity index (χ0) is 21.3. The molecule has 0 amide bonds. The van der Waals surface area contributed by atoms with E-state index in [1.165, 1.54) is 12.1 Å². The van der Waals surface area contributed by atoms with Crippen LogP contribution in [-0.2, 0) is 9.53 Å². The quantitative estimate of drug-likeness (QED) is 0.713. The highest BCUT2D eigenvalue weighted by molar-refractivity contribution is 6.00. The second kappa shape index (κ2) is 8.68. The van der Waals surface area contributed by atoms with E-state index in [1.807, 2.05) is 13.0 Å². The number of carboxylic acids is 1. The van der Waals surface area contributed by atoms with Gasteiger partial charge in [0.1, 0.15) is 5.82 Å². The van der Waals surface area contributed by atoms with Crippen LogP contribution in [0.2, 0.25) is 0 Å². The molecule has 1 aromatic heterocycles. The molecule has 0 bridgehead atoms. The van der Waals surface area contributed by atoms with Gasteiger partial charge in [-0.25, -0.2) is 9.07 Å². The number of aliphatic carboxylic acids is 1. The fourth-order valence-corrected chi connectivity index (χ4v) is 4.68. The Morgan fingerprint density at radius 1 is 1.10 bits per heavy atom. The second-order valence-corrected chi connectivity index (χ2v) is 8.33. The number of carbonyl (C=O) groups excluding carboxylic acids is 1. The third-order valence-corrected chi connectivity index (χ3v) is 6.24. The maximum atomic E-state index is 15.0. The number of hydrogen-bond acceptors (Lipinski definition) is 4. The van der Waals surface area contributed by atoms with Gasteiger partial charge >= 0.3 is 5.97 Å². The first-order valence-electron chi connectivity index (χ1n) is 10.7. The molecule has 2 aromatic rings. The van der Waals surface area contributed by atoms with Gasteiger partial charge < -0.3 is 9.84 Å². The predicted octanol–water partition coefficient (Wildman–Crippen LogP) is 4.77. The van der Waals surface area contributed by atoms with Crippen molar-refractivity contribution >= 4 is 11.8 Å². The minimum absolute atomic E-state index is 0.0337. The Hall–Kier alpha value is -2.54. The first kappa shape index (κ1) is 20.7. The predicted molar refractivity (Wildman–Crippen MR) is 109 cm³/mol. The molecule has 30 heavy (non-hydrogen) atoms. The maximum Gasteiger partial charge on any atom is 0.307 e. The van der Waals surface area contributed by atoms with Gasteiger partial charge in [-0.05, 0) is 57.2 Å². The molecule has 0 spiro atoms. The van der Waals surface area contributed by atoms with Crippen LogP contribution in [0.1, 0.15) is 67.2 Å². The minimum Gasteiger partial charge on any atom is -0.481 e. The lowest BCUT2D eigenvalue weighted by Gasteiger charge is -2.27. The van der Waals surface area contributed by atoms with E-state index in [9.17, 15) is 14.7 Å². The van der Waals surface area contributed by atoms with Crippen LogP contribution in [0.25, 0.3) is 11.3 Å². The monoisotopic (exact) mass is 414 g/mol. The molecule has 1 unspecified atom stereocenters. The third-order valence-electron chi connectivity index (χ3n) is 6.24. The number of ketones is 1. The van der Waals surface area contributed by atoms with Crippen molar-refractivity contribution < 1.29 is 23.8 Å². The smallest absolute Gasteiger partial charge is 0.307 e. The molecule has 6 nitrogen and oxygen atoms in total. The second-order valence-electron chi connectivity index (χ2n) is 8.33. The number of rotatable bonds is 5. The number of Topliss-reactive ketones (excluding diaryl/α,β-unsaturated/α-hetero) is 1. The summed E-state index contributed by atoms with van der Waals surface area (Å²) in [5.74, 6) is -3.41. The average molecular weight is 414 g/mol. The number of carboxylic acid groups (broad SMARTS) is 1. The average Bonchev–Trinajstić information content (AvgIpc) is 3.15. The van der Waals surface area contributed by atoms with Crippen molar-refractivity contribution in [2.45, 2.75) is 58.1 Å². The molecular formula is C23H27FN2O4. The number of benzene rings is 1. The van der Waals surface area contributed by atoms with E-state index < -0.39 is 29.4 Å². The van der Waals surface area contributed by atoms with Gasteiger partial charge in [-0.1, -0.05) is 18.9 Å². The van der Waals surface area contributed by atoms with Crippen LogP contribution < -0.4 is 0 Å². The molecule has 3 atom stereocenters. The van der Waals surface area contributed by atoms with Crippen molar-refractivity contribution in [1.29, 1.82) is 0 Å². The Bertz CT molecular complexity index is 949. The van der Waals surface area contributed by atoms with Gasteiger partial charge in [-0.2, -0.15) is 5.10 Å². The van der Waals surface area contributed by atoms with Gasteiger partial charge in [0.05, 0.1) is 22.9 Å². The molecule has 0 radical (unpaired) electrons. The Morgan fingerprint density at radius 2 is 1.83 bits per heavy atom. The van der Waals surface area contributed by atoms with Crippen molar-refractivity contribution in [2.24, 2.45) is 11.8 Å². The number of nitrogens with zero attached hydrogens (tertiary/aromatic N) is 2. The molecule has 2 fully saturated rings. The molecule has 1 aliphatic heterocycles. The zero-order valence-corrected chi connectivity index (χ0v) is 17.1. The minimum atomic E-state index is -0.975. The number of ether oxygens (including phenoxy) is 1. The van der Waals surface area contributed by atoms with Crippen molar-refractivity contribution in [2.75, 3.05) is 6.61 Å². The van der Waals surface area contributed by atoms with Gasteiger partial charge in [-0.15, -0.1) is 0 Å². The fraction of sp³-hybridized carbons (Fsp3) is 0.522. The summed E-state index contributed by atoms with van der Waals surface area (Å²) in [6, 6.07) is 6.43. The van der Waals surface area contributed by atoms with Crippen LogP contribution in [0.3, 0.4) is 0 Å². The normalized spacial score (nSPS) is 24.5. The molecule has 2 aliphatic rings. The lowest BCUT2D eigenvalue weighted by molar-refractivity contribution is -0.144. The van der Waals surface area contributed by atoms with E-state index in [4.69, 9.17) is 4.74 Å². The van der Waals surface area contributed by atoms with Gasteiger partial charge in [0, 0.05) is 18.1 Å². The van der Waals surface area contributed by atoms with Gasteiger partial charge in [0.25, 0.3) is 0 Å². The zero-order valence-electron chi connectivity index (χ0n) is 17.1. The topological polar surface area (TPSA) is 81.4 Å². The number of halogens is 1. The summed E-state index contributed by atoms with van der Waals surface area (Å²) in [5.41, 5.74) is 2.15. The van der Waals surface area contributed by atoms with E-state index in [1.54, 1.807) is 10.7 Å². The summed E-state index contributed by atoms with van der Waals surface area (Å²) < 4.78 is 22.7. The van der Waals surface area contributed by atoms with E-state index in [0.29, 0.717) is 25.0 Å². The maximum absolute atomic E-state index is 15.0. The third kappa shape index (κ3) is 4.03. The van der Waals surface area contributed by atoms with E-state index in [-0.39, 0.29) is 11.8 Å². The highest BCUT2D eigenvalue weighted by Gasteiger charge is 2.37. The summed E-state index contributed by atoms with van der Waals surface area (Å²) in [4.78, 5) is 24.5. The lowest BCUT2D eigenvalue weighted by Crippen LogP contribution is -2.33. The lowest BCUT2D eigenvalue weighted by atomic mass is 9.75. The molecule has 1 N–H and O–H groups in total. The molecule has 4 rings (SSSR count). The van der Waals surface area contributed by atoms with E-state index >= 15 is 4.39 Å². The van der Waals surface area contributed by atoms with Crippen molar-refractivity contribution in [3.05, 3.63) is 41.3 Å². The van der Waals surface area contributed by atoms with E-state index in [2.05, 4.69) is 5.10 Å². The summed E-state index contributed by atoms with van der Waals surface area (Å²) >= 11 is 0. The molecule has 160 valence electrons. The van der Waals surface area contributed by atoms with Crippen LogP contribution in [0.4, 0.5) is 4.39 Å². The summed E-state index contributed by atoms with van der Waals surface area (Å²) in [5, 5.41) is 14.0. The molecule has 1 saturated heterocycles. The van der Waals surface area contributed by atoms with Crippen molar-refractivity contribution in [3.63, 3.8) is 0 Å². The first-order valence-corrected chi connectivity index (χ1v) is 10.7.